The highest BCUT2D eigenvalue weighted by Gasteiger charge is 2.19. The lowest BCUT2D eigenvalue weighted by molar-refractivity contribution is 0.0541. The fourth-order valence-electron chi connectivity index (χ4n) is 2.10. The van der Waals surface area contributed by atoms with Crippen LogP contribution in [0.25, 0.3) is 0 Å². The third-order valence-corrected chi connectivity index (χ3v) is 4.67. The van der Waals surface area contributed by atoms with Crippen molar-refractivity contribution in [3.63, 3.8) is 0 Å². The van der Waals surface area contributed by atoms with E-state index in [9.17, 15) is 13.2 Å². The molecule has 1 N–H and O–H groups in total. The Hall–Kier alpha value is -2.80. The van der Waals surface area contributed by atoms with Crippen LogP contribution in [0.15, 0.2) is 65.6 Å². The molecule has 0 heterocycles. The Balaban J connectivity index is 2.24. The number of ether oxygens (including phenoxy) is 2. The van der Waals surface area contributed by atoms with Gasteiger partial charge in [0.15, 0.2) is 0 Å². The quantitative estimate of drug-likeness (QED) is 0.563. The molecule has 0 spiro atoms. The zero-order valence-electron chi connectivity index (χ0n) is 14.7. The first-order chi connectivity index (χ1) is 12.3. The van der Waals surface area contributed by atoms with Gasteiger partial charge < -0.3 is 9.47 Å². The van der Waals surface area contributed by atoms with Crippen molar-refractivity contribution in [2.45, 2.75) is 18.7 Å². The van der Waals surface area contributed by atoms with Gasteiger partial charge >= 0.3 is 5.97 Å². The number of benzene rings is 2. The molecule has 0 amide bonds. The third kappa shape index (κ3) is 5.10. The van der Waals surface area contributed by atoms with Crippen molar-refractivity contribution in [3.05, 3.63) is 66.2 Å². The number of carbonyl (C=O) groups excluding carboxylic acids is 1. The van der Waals surface area contributed by atoms with Crippen LogP contribution in [0.3, 0.4) is 0 Å². The third-order valence-electron chi connectivity index (χ3n) is 3.29. The fourth-order valence-corrected chi connectivity index (χ4v) is 3.18. The summed E-state index contributed by atoms with van der Waals surface area (Å²) < 4.78 is 38.0. The molecule has 0 atom stereocenters. The van der Waals surface area contributed by atoms with Crippen molar-refractivity contribution in [2.24, 2.45) is 0 Å². The number of carbonyl (C=O) groups is 1. The smallest absolute Gasteiger partial charge is 0.340 e. The summed E-state index contributed by atoms with van der Waals surface area (Å²) in [4.78, 5) is 12.3. The van der Waals surface area contributed by atoms with E-state index in [0.29, 0.717) is 17.9 Å². The Bertz CT molecular complexity index is 888. The van der Waals surface area contributed by atoms with Crippen LogP contribution in [-0.2, 0) is 14.8 Å². The van der Waals surface area contributed by atoms with E-state index in [4.69, 9.17) is 9.47 Å². The van der Waals surface area contributed by atoms with E-state index < -0.39 is 16.0 Å². The predicted octanol–water partition coefficient (Wildman–Crippen LogP) is 3.62. The minimum Gasteiger partial charge on any atom is -0.494 e. The number of anilines is 1. The molecular weight excluding hydrogens is 354 g/mol. The Morgan fingerprint density at radius 1 is 1.12 bits per heavy atom. The van der Waals surface area contributed by atoms with Gasteiger partial charge in [-0.25, -0.2) is 13.2 Å². The maximum absolute atomic E-state index is 12.6. The van der Waals surface area contributed by atoms with Crippen LogP contribution >= 0.6 is 0 Å². The monoisotopic (exact) mass is 375 g/mol. The highest BCUT2D eigenvalue weighted by Crippen LogP contribution is 2.22. The first-order valence-electron chi connectivity index (χ1n) is 7.99. The van der Waals surface area contributed by atoms with Gasteiger partial charge in [-0.1, -0.05) is 18.7 Å². The van der Waals surface area contributed by atoms with Crippen LogP contribution in [0.1, 0.15) is 24.2 Å². The maximum atomic E-state index is 12.6. The van der Waals surface area contributed by atoms with E-state index in [0.717, 1.165) is 0 Å². The predicted molar refractivity (Wildman–Crippen MR) is 100.0 cm³/mol. The summed E-state index contributed by atoms with van der Waals surface area (Å²) >= 11 is 0. The molecule has 0 aliphatic heterocycles. The van der Waals surface area contributed by atoms with Crippen molar-refractivity contribution in [3.8, 4) is 5.75 Å². The first kappa shape index (κ1) is 19.5. The molecule has 138 valence electrons. The van der Waals surface area contributed by atoms with Crippen molar-refractivity contribution < 1.29 is 22.7 Å². The largest absolute Gasteiger partial charge is 0.494 e. The Morgan fingerprint density at radius 3 is 2.38 bits per heavy atom. The molecule has 0 radical (unpaired) electrons. The summed E-state index contributed by atoms with van der Waals surface area (Å²) in [6, 6.07) is 12.3. The molecule has 6 nitrogen and oxygen atoms in total. The van der Waals surface area contributed by atoms with Gasteiger partial charge in [0.25, 0.3) is 10.0 Å². The molecule has 0 saturated carbocycles. The number of hydrogen-bond donors (Lipinski definition) is 1. The molecule has 2 rings (SSSR count). The van der Waals surface area contributed by atoms with Gasteiger partial charge in [0.2, 0.25) is 0 Å². The van der Waals surface area contributed by atoms with E-state index in [1.54, 1.807) is 31.2 Å². The summed E-state index contributed by atoms with van der Waals surface area (Å²) in [5.74, 6) is -0.0479. The van der Waals surface area contributed by atoms with Gasteiger partial charge in [-0.3, -0.25) is 4.72 Å². The molecule has 0 bridgehead atoms. The fraction of sp³-hybridized carbons (Fsp3) is 0.211. The number of rotatable bonds is 8. The van der Waals surface area contributed by atoms with Crippen molar-refractivity contribution in [1.82, 2.24) is 0 Å². The summed E-state index contributed by atoms with van der Waals surface area (Å²) in [6.45, 7) is 7.80. The Morgan fingerprint density at radius 2 is 1.77 bits per heavy atom. The van der Waals surface area contributed by atoms with E-state index in [1.165, 1.54) is 24.3 Å². The van der Waals surface area contributed by atoms with E-state index in [-0.39, 0.29) is 22.8 Å². The summed E-state index contributed by atoms with van der Waals surface area (Å²) in [7, 11) is -3.86. The summed E-state index contributed by atoms with van der Waals surface area (Å²) in [6.07, 6.45) is 0. The second kappa shape index (κ2) is 8.53. The molecule has 7 heteroatoms. The van der Waals surface area contributed by atoms with Crippen LogP contribution in [0.2, 0.25) is 0 Å². The standard InChI is InChI=1S/C19H21NO5S/c1-4-24-15-9-11-16(12-10-15)26(22,23)20-18-8-6-5-7-17(18)19(21)25-13-14(2)3/h5-12,20H,2,4,13H2,1,3H3. The van der Waals surface area contributed by atoms with E-state index in [2.05, 4.69) is 11.3 Å². The van der Waals surface area contributed by atoms with Crippen molar-refractivity contribution >= 4 is 21.7 Å². The van der Waals surface area contributed by atoms with Crippen molar-refractivity contribution in [2.75, 3.05) is 17.9 Å². The average Bonchev–Trinajstić information content (AvgIpc) is 2.60. The molecular formula is C19H21NO5S. The lowest BCUT2D eigenvalue weighted by atomic mass is 10.2. The minimum absolute atomic E-state index is 0.0612. The number of hydrogen-bond acceptors (Lipinski definition) is 5. The van der Waals surface area contributed by atoms with Crippen LogP contribution in [0.4, 0.5) is 5.69 Å². The Kier molecular flexibility index (Phi) is 6.41. The molecule has 0 aliphatic rings. The number of para-hydroxylation sites is 1. The Labute approximate surface area is 153 Å². The van der Waals surface area contributed by atoms with Crippen LogP contribution < -0.4 is 9.46 Å². The molecule has 0 saturated heterocycles. The second-order valence-electron chi connectivity index (χ2n) is 5.59. The molecule has 0 fully saturated rings. The topological polar surface area (TPSA) is 81.7 Å². The molecule has 0 aromatic heterocycles. The van der Waals surface area contributed by atoms with Gasteiger partial charge in [-0.05, 0) is 55.8 Å². The SMILES string of the molecule is C=C(C)COC(=O)c1ccccc1NS(=O)(=O)c1ccc(OCC)cc1. The first-order valence-corrected chi connectivity index (χ1v) is 9.48. The molecule has 0 unspecified atom stereocenters. The van der Waals surface area contributed by atoms with E-state index >= 15 is 0 Å². The lowest BCUT2D eigenvalue weighted by Gasteiger charge is -2.13. The van der Waals surface area contributed by atoms with Crippen molar-refractivity contribution in [1.29, 1.82) is 0 Å². The summed E-state index contributed by atoms with van der Waals surface area (Å²) in [5, 5.41) is 0. The second-order valence-corrected chi connectivity index (χ2v) is 7.27. The van der Waals surface area contributed by atoms with Gasteiger partial charge in [0.1, 0.15) is 12.4 Å². The normalized spacial score (nSPS) is 10.8. The number of nitrogens with one attached hydrogen (secondary N) is 1. The summed E-state index contributed by atoms with van der Waals surface area (Å²) in [5.41, 5.74) is 0.960. The van der Waals surface area contributed by atoms with E-state index in [1.807, 2.05) is 6.92 Å². The minimum atomic E-state index is -3.86. The number of sulfonamides is 1. The van der Waals surface area contributed by atoms with Crippen LogP contribution in [0.5, 0.6) is 5.75 Å². The highest BCUT2D eigenvalue weighted by atomic mass is 32.2. The average molecular weight is 375 g/mol. The lowest BCUT2D eigenvalue weighted by Crippen LogP contribution is -2.16. The van der Waals surface area contributed by atoms with Gasteiger partial charge in [-0.2, -0.15) is 0 Å². The van der Waals surface area contributed by atoms with Gasteiger partial charge in [-0.15, -0.1) is 0 Å². The van der Waals surface area contributed by atoms with Crippen LogP contribution in [0, 0.1) is 0 Å². The maximum Gasteiger partial charge on any atom is 0.340 e. The highest BCUT2D eigenvalue weighted by molar-refractivity contribution is 7.92. The van der Waals surface area contributed by atoms with Crippen LogP contribution in [-0.4, -0.2) is 27.6 Å². The molecule has 0 aliphatic carbocycles. The molecule has 26 heavy (non-hydrogen) atoms. The van der Waals surface area contributed by atoms with Gasteiger partial charge in [0.05, 0.1) is 22.8 Å². The van der Waals surface area contributed by atoms with Gasteiger partial charge in [0, 0.05) is 0 Å². The zero-order valence-corrected chi connectivity index (χ0v) is 15.5. The molecule has 2 aromatic rings. The molecule has 2 aromatic carbocycles. The number of esters is 1. The zero-order chi connectivity index (χ0) is 19.2.